The maximum Gasteiger partial charge on any atom is 0.306 e. The highest BCUT2D eigenvalue weighted by molar-refractivity contribution is 5.94. The fourth-order valence-electron chi connectivity index (χ4n) is 15.8. The van der Waals surface area contributed by atoms with Crippen LogP contribution in [0.4, 0.5) is 0 Å². The van der Waals surface area contributed by atoms with Crippen molar-refractivity contribution in [1.82, 2.24) is 0 Å². The van der Waals surface area contributed by atoms with Crippen LogP contribution in [0.15, 0.2) is 23.3 Å². The van der Waals surface area contributed by atoms with Crippen LogP contribution in [0.3, 0.4) is 0 Å². The predicted molar refractivity (Wildman–Crippen MR) is 209 cm³/mol. The minimum atomic E-state index is -1.79. The van der Waals surface area contributed by atoms with E-state index in [0.29, 0.717) is 38.5 Å². The van der Waals surface area contributed by atoms with Gasteiger partial charge in [-0.3, -0.25) is 28.8 Å². The Morgan fingerprint density at radius 3 is 1.75 bits per heavy atom. The molecule has 0 spiro atoms. The van der Waals surface area contributed by atoms with Gasteiger partial charge in [0.15, 0.2) is 24.0 Å². The summed E-state index contributed by atoms with van der Waals surface area (Å²) in [5.41, 5.74) is -5.53. The number of aliphatic hydroxyl groups is 5. The lowest BCUT2D eigenvalue weighted by Crippen LogP contribution is -2.64. The molecule has 0 radical (unpaired) electrons. The number of hydrogen-bond acceptors (Lipinski definition) is 13. The Hall–Kier alpha value is -3.10. The number of ether oxygens (including phenoxy) is 2. The molecule has 16 atom stereocenters. The highest BCUT2D eigenvalue weighted by Gasteiger charge is 2.71. The van der Waals surface area contributed by atoms with Gasteiger partial charge in [0.2, 0.25) is 5.78 Å². The first-order valence-electron chi connectivity index (χ1n) is 21.9. The molecule has 6 fully saturated rings. The van der Waals surface area contributed by atoms with Crippen LogP contribution in [-0.4, -0.2) is 103 Å². The van der Waals surface area contributed by atoms with Crippen LogP contribution in [-0.2, 0) is 38.2 Å². The van der Waals surface area contributed by atoms with E-state index in [-0.39, 0.29) is 86.1 Å². The van der Waals surface area contributed by atoms with Crippen LogP contribution in [0, 0.1) is 63.1 Å². The van der Waals surface area contributed by atoms with Crippen molar-refractivity contribution in [2.24, 2.45) is 63.1 Å². The molecule has 0 aromatic rings. The Balaban J connectivity index is 1.05. The minimum Gasteiger partial charge on any atom is -0.461 e. The number of esters is 2. The molecule has 0 heterocycles. The van der Waals surface area contributed by atoms with Crippen molar-refractivity contribution in [3.05, 3.63) is 23.3 Å². The molecule has 0 amide bonds. The quantitative estimate of drug-likeness (QED) is 0.222. The van der Waals surface area contributed by atoms with E-state index in [1.807, 2.05) is 27.7 Å². The normalized spacial score (nSPS) is 48.5. The number of fused-ring (bicyclic) bond motifs is 10. The highest BCUT2D eigenvalue weighted by Crippen LogP contribution is 2.70. The molecule has 324 valence electrons. The summed E-state index contributed by atoms with van der Waals surface area (Å²) >= 11 is 0. The molecule has 0 aromatic carbocycles. The van der Waals surface area contributed by atoms with Gasteiger partial charge in [0.05, 0.1) is 12.2 Å². The van der Waals surface area contributed by atoms with Gasteiger partial charge in [0.1, 0.15) is 23.9 Å². The Morgan fingerprint density at radius 1 is 0.729 bits per heavy atom. The second-order valence-electron chi connectivity index (χ2n) is 20.8. The molecule has 0 saturated heterocycles. The van der Waals surface area contributed by atoms with Gasteiger partial charge in [-0.1, -0.05) is 38.8 Å². The maximum absolute atomic E-state index is 14.4. The van der Waals surface area contributed by atoms with E-state index >= 15 is 0 Å². The van der Waals surface area contributed by atoms with Gasteiger partial charge in [0, 0.05) is 48.3 Å². The number of aliphatic hydroxyl groups excluding tert-OH is 3. The lowest BCUT2D eigenvalue weighted by Gasteiger charge is -2.62. The highest BCUT2D eigenvalue weighted by atomic mass is 16.5. The first-order chi connectivity index (χ1) is 27.6. The fourth-order valence-corrected chi connectivity index (χ4v) is 15.8. The minimum absolute atomic E-state index is 0.0585. The summed E-state index contributed by atoms with van der Waals surface area (Å²) in [6.07, 6.45) is 4.24. The summed E-state index contributed by atoms with van der Waals surface area (Å²) in [6, 6.07) is 0. The zero-order chi connectivity index (χ0) is 42.8. The topological polar surface area (TPSA) is 222 Å². The average molecular weight is 823 g/mol. The Labute approximate surface area is 345 Å². The Kier molecular flexibility index (Phi) is 10.3. The summed E-state index contributed by atoms with van der Waals surface area (Å²) < 4.78 is 11.4. The molecule has 2 unspecified atom stereocenters. The van der Waals surface area contributed by atoms with Crippen LogP contribution < -0.4 is 0 Å². The molecular formula is C46H62O13. The van der Waals surface area contributed by atoms with Gasteiger partial charge >= 0.3 is 11.9 Å². The van der Waals surface area contributed by atoms with Crippen LogP contribution >= 0.6 is 0 Å². The molecule has 0 aromatic heterocycles. The van der Waals surface area contributed by atoms with Crippen molar-refractivity contribution >= 4 is 35.1 Å². The number of hydrogen-bond donors (Lipinski definition) is 5. The maximum atomic E-state index is 14.4. The number of rotatable bonds is 8. The molecule has 13 heteroatoms. The third-order valence-corrected chi connectivity index (χ3v) is 18.7. The molecule has 13 nitrogen and oxygen atoms in total. The summed E-state index contributed by atoms with van der Waals surface area (Å²) in [5.74, 6) is -4.63. The van der Waals surface area contributed by atoms with E-state index in [9.17, 15) is 54.3 Å². The van der Waals surface area contributed by atoms with E-state index in [1.165, 1.54) is 6.92 Å². The van der Waals surface area contributed by atoms with E-state index in [4.69, 9.17) is 9.47 Å². The summed E-state index contributed by atoms with van der Waals surface area (Å²) in [6.45, 7) is 7.52. The average Bonchev–Trinajstić information content (AvgIpc) is 3.59. The van der Waals surface area contributed by atoms with Gasteiger partial charge in [-0.15, -0.1) is 0 Å². The van der Waals surface area contributed by atoms with E-state index in [1.54, 1.807) is 12.2 Å². The smallest absolute Gasteiger partial charge is 0.306 e. The predicted octanol–water partition coefficient (Wildman–Crippen LogP) is 3.29. The summed E-state index contributed by atoms with van der Waals surface area (Å²) in [5, 5.41) is 57.7. The number of carbonyl (C=O) groups is 6. The van der Waals surface area contributed by atoms with E-state index < -0.39 is 99.7 Å². The molecular weight excluding hydrogens is 760 g/mol. The van der Waals surface area contributed by atoms with Gasteiger partial charge in [-0.05, 0) is 117 Å². The number of allylic oxidation sites excluding steroid dienone is 1. The van der Waals surface area contributed by atoms with E-state index in [2.05, 4.69) is 0 Å². The summed E-state index contributed by atoms with van der Waals surface area (Å²) in [4.78, 5) is 79.0. The van der Waals surface area contributed by atoms with Crippen LogP contribution in [0.25, 0.3) is 0 Å². The van der Waals surface area contributed by atoms with Crippen molar-refractivity contribution in [1.29, 1.82) is 0 Å². The molecule has 59 heavy (non-hydrogen) atoms. The SMILES string of the molecule is CC(=O)OCC(=O)[C@@]1(O)CC[C@H]2[C@@H]3CCC4=CC(=O)CC(CC(=O)OC5CC(=O)C=C6CC[C@@H]7[C@H]([C@@H](O)C[C@@]8(C)[C@H]7CC[C@]8(O)C(=O)CO)[C@]65C)[C@]4(C)[C@H]3[C@@H](O)C[C@@]21C. The van der Waals surface area contributed by atoms with Gasteiger partial charge in [-0.25, -0.2) is 0 Å². The first kappa shape index (κ1) is 42.6. The van der Waals surface area contributed by atoms with Crippen LogP contribution in [0.2, 0.25) is 0 Å². The number of ketones is 4. The van der Waals surface area contributed by atoms with Gasteiger partial charge in [0.25, 0.3) is 0 Å². The molecule has 6 saturated carbocycles. The summed E-state index contributed by atoms with van der Waals surface area (Å²) in [7, 11) is 0. The van der Waals surface area contributed by atoms with Gasteiger partial charge in [-0.2, -0.15) is 0 Å². The second-order valence-corrected chi connectivity index (χ2v) is 20.8. The molecule has 8 aliphatic carbocycles. The second kappa shape index (κ2) is 14.2. The van der Waals surface area contributed by atoms with Gasteiger partial charge < -0.3 is 35.0 Å². The monoisotopic (exact) mass is 822 g/mol. The fraction of sp³-hybridized carbons (Fsp3) is 0.783. The number of carbonyl (C=O) groups excluding carboxylic acids is 6. The third kappa shape index (κ3) is 5.86. The molecule has 8 rings (SSSR count). The van der Waals surface area contributed by atoms with Crippen LogP contribution in [0.1, 0.15) is 118 Å². The van der Waals surface area contributed by atoms with Crippen molar-refractivity contribution in [2.75, 3.05) is 13.2 Å². The molecule has 5 N–H and O–H groups in total. The first-order valence-corrected chi connectivity index (χ1v) is 21.9. The lowest BCUT2D eigenvalue weighted by atomic mass is 9.43. The lowest BCUT2D eigenvalue weighted by molar-refractivity contribution is -0.199. The van der Waals surface area contributed by atoms with E-state index in [0.717, 1.165) is 11.1 Å². The molecule has 8 aliphatic rings. The third-order valence-electron chi connectivity index (χ3n) is 18.7. The Morgan fingerprint density at radius 2 is 1.22 bits per heavy atom. The Bertz CT molecular complexity index is 1920. The number of Topliss-reactive ketones (excluding diaryl/α,β-unsaturated/α-hetero) is 2. The van der Waals surface area contributed by atoms with Crippen LogP contribution in [0.5, 0.6) is 0 Å². The standard InChI is InChI=1S/C46H62O13/c1-23(48)58-22-36(54)46(57)13-11-31-29-8-6-24-14-27(49)16-26(43(24,4)39(29)33(51)19-42(31,46)3)17-38(55)59-37-18-28(50)15-25-7-9-30-32-10-12-45(56,35(53)21-47)41(32,2)20-34(52)40(30)44(25,37)5/h14-15,26,29-34,37,39-40,47,51-52,56-57H,6-13,16-22H2,1-5H3/t26?,29-,30-,31-,32-,33-,34-,37?,39+,40+,41-,42-,43+,44+,45-,46-/m0/s1. The zero-order valence-corrected chi connectivity index (χ0v) is 35.0. The van der Waals surface area contributed by atoms with Crippen molar-refractivity contribution in [2.45, 2.75) is 148 Å². The van der Waals surface area contributed by atoms with Crippen molar-refractivity contribution < 1.29 is 63.8 Å². The zero-order valence-electron chi connectivity index (χ0n) is 35.0. The molecule has 0 bridgehead atoms. The largest absolute Gasteiger partial charge is 0.461 e. The van der Waals surface area contributed by atoms with Crippen molar-refractivity contribution in [3.63, 3.8) is 0 Å². The molecule has 0 aliphatic heterocycles. The van der Waals surface area contributed by atoms with Crippen molar-refractivity contribution in [3.8, 4) is 0 Å².